The summed E-state index contributed by atoms with van der Waals surface area (Å²) in [5.41, 5.74) is 0. The number of rotatable bonds is 9. The molecule has 0 aromatic carbocycles. The van der Waals surface area contributed by atoms with E-state index in [1.54, 1.807) is 6.07 Å². The number of sulfonamides is 1. The van der Waals surface area contributed by atoms with Gasteiger partial charge in [-0.15, -0.1) is 11.3 Å². The fraction of sp³-hybridized carbons (Fsp3) is 0.615. The minimum atomic E-state index is -3.54. The Kier molecular flexibility index (Phi) is 5.37. The van der Waals surface area contributed by atoms with Crippen LogP contribution in [0, 0.1) is 0 Å². The number of thiophene rings is 1. The zero-order valence-corrected chi connectivity index (χ0v) is 13.5. The second-order valence-electron chi connectivity index (χ2n) is 5.05. The summed E-state index contributed by atoms with van der Waals surface area (Å²) in [5.74, 6) is -0.961. The molecule has 8 heteroatoms. The predicted octanol–water partition coefficient (Wildman–Crippen LogP) is 1.14. The molecule has 1 aromatic rings. The molecule has 1 fully saturated rings. The van der Waals surface area contributed by atoms with E-state index < -0.39 is 16.0 Å². The molecule has 0 aliphatic heterocycles. The largest absolute Gasteiger partial charge is 0.481 e. The molecule has 1 aliphatic carbocycles. The van der Waals surface area contributed by atoms with Crippen LogP contribution in [0.25, 0.3) is 0 Å². The minimum absolute atomic E-state index is 0.147. The maximum absolute atomic E-state index is 12.1. The summed E-state index contributed by atoms with van der Waals surface area (Å²) in [6.07, 6.45) is 2.25. The SMILES string of the molecule is CCN(CCNS(=O)(=O)c1ccc(CC(=O)O)s1)C1CC1. The van der Waals surface area contributed by atoms with Gasteiger partial charge in [0.25, 0.3) is 0 Å². The summed E-state index contributed by atoms with van der Waals surface area (Å²) >= 11 is 1.01. The van der Waals surface area contributed by atoms with Crippen LogP contribution in [0.4, 0.5) is 0 Å². The molecule has 2 N–H and O–H groups in total. The lowest BCUT2D eigenvalue weighted by atomic mass is 10.3. The third-order valence-corrected chi connectivity index (χ3v) is 6.43. The van der Waals surface area contributed by atoms with E-state index in [0.717, 1.165) is 17.9 Å². The van der Waals surface area contributed by atoms with Crippen molar-refractivity contribution in [2.45, 2.75) is 36.4 Å². The van der Waals surface area contributed by atoms with Crippen LogP contribution in [0.2, 0.25) is 0 Å². The highest BCUT2D eigenvalue weighted by Gasteiger charge is 2.27. The van der Waals surface area contributed by atoms with Gasteiger partial charge < -0.3 is 5.11 Å². The van der Waals surface area contributed by atoms with Crippen LogP contribution in [0.5, 0.6) is 0 Å². The fourth-order valence-electron chi connectivity index (χ4n) is 2.18. The second kappa shape index (κ2) is 6.87. The number of carboxylic acid groups (broad SMARTS) is 1. The van der Waals surface area contributed by atoms with E-state index in [-0.39, 0.29) is 10.6 Å². The van der Waals surface area contributed by atoms with Crippen molar-refractivity contribution >= 4 is 27.3 Å². The van der Waals surface area contributed by atoms with Gasteiger partial charge in [-0.05, 0) is 31.5 Å². The number of nitrogens with zero attached hydrogens (tertiary/aromatic N) is 1. The van der Waals surface area contributed by atoms with E-state index in [2.05, 4.69) is 16.5 Å². The third kappa shape index (κ3) is 4.77. The molecule has 1 saturated carbocycles. The molecule has 0 radical (unpaired) electrons. The number of hydrogen-bond acceptors (Lipinski definition) is 5. The second-order valence-corrected chi connectivity index (χ2v) is 8.21. The maximum atomic E-state index is 12.1. The first-order chi connectivity index (χ1) is 9.92. The van der Waals surface area contributed by atoms with Crippen molar-refractivity contribution in [2.75, 3.05) is 19.6 Å². The average Bonchev–Trinajstić information content (AvgIpc) is 3.13. The highest BCUT2D eigenvalue weighted by Crippen LogP contribution is 2.26. The molecule has 118 valence electrons. The summed E-state index contributed by atoms with van der Waals surface area (Å²) in [6.45, 7) is 4.07. The van der Waals surface area contributed by atoms with Gasteiger partial charge in [-0.25, -0.2) is 13.1 Å². The van der Waals surface area contributed by atoms with Crippen LogP contribution in [-0.2, 0) is 21.2 Å². The summed E-state index contributed by atoms with van der Waals surface area (Å²) in [6, 6.07) is 3.63. The van der Waals surface area contributed by atoms with E-state index in [4.69, 9.17) is 5.11 Å². The van der Waals surface area contributed by atoms with Crippen molar-refractivity contribution in [1.29, 1.82) is 0 Å². The van der Waals surface area contributed by atoms with Crippen molar-refractivity contribution in [1.82, 2.24) is 9.62 Å². The van der Waals surface area contributed by atoms with Crippen molar-refractivity contribution < 1.29 is 18.3 Å². The molecule has 1 aromatic heterocycles. The lowest BCUT2D eigenvalue weighted by molar-refractivity contribution is -0.136. The summed E-state index contributed by atoms with van der Waals surface area (Å²) in [7, 11) is -3.54. The fourth-order valence-corrected chi connectivity index (χ4v) is 4.59. The van der Waals surface area contributed by atoms with E-state index in [9.17, 15) is 13.2 Å². The van der Waals surface area contributed by atoms with E-state index in [1.807, 2.05) is 0 Å². The zero-order valence-electron chi connectivity index (χ0n) is 11.9. The lowest BCUT2D eigenvalue weighted by Gasteiger charge is -2.19. The molecular formula is C13H20N2O4S2. The summed E-state index contributed by atoms with van der Waals surface area (Å²) < 4.78 is 27.0. The van der Waals surface area contributed by atoms with Gasteiger partial charge in [-0.3, -0.25) is 9.69 Å². The first-order valence-electron chi connectivity index (χ1n) is 6.96. The number of likely N-dealkylation sites (N-methyl/N-ethyl adjacent to an activating group) is 1. The Hall–Kier alpha value is -0.960. The average molecular weight is 332 g/mol. The molecule has 6 nitrogen and oxygen atoms in total. The number of nitrogens with one attached hydrogen (secondary N) is 1. The normalized spacial score (nSPS) is 15.5. The molecule has 0 bridgehead atoms. The van der Waals surface area contributed by atoms with Gasteiger partial charge in [0, 0.05) is 24.0 Å². The van der Waals surface area contributed by atoms with Crippen LogP contribution in [0.1, 0.15) is 24.6 Å². The van der Waals surface area contributed by atoms with Crippen LogP contribution >= 0.6 is 11.3 Å². The molecule has 1 heterocycles. The number of carbonyl (C=O) groups is 1. The topological polar surface area (TPSA) is 86.7 Å². The molecular weight excluding hydrogens is 312 g/mol. The van der Waals surface area contributed by atoms with Crippen LogP contribution in [0.3, 0.4) is 0 Å². The Morgan fingerprint density at radius 3 is 2.76 bits per heavy atom. The monoisotopic (exact) mass is 332 g/mol. The van der Waals surface area contributed by atoms with Gasteiger partial charge in [-0.1, -0.05) is 6.92 Å². The van der Waals surface area contributed by atoms with Crippen LogP contribution in [0.15, 0.2) is 16.3 Å². The highest BCUT2D eigenvalue weighted by molar-refractivity contribution is 7.91. The van der Waals surface area contributed by atoms with E-state index in [0.29, 0.717) is 24.0 Å². The Morgan fingerprint density at radius 1 is 1.48 bits per heavy atom. The molecule has 21 heavy (non-hydrogen) atoms. The maximum Gasteiger partial charge on any atom is 0.308 e. The highest BCUT2D eigenvalue weighted by atomic mass is 32.2. The van der Waals surface area contributed by atoms with Crippen LogP contribution < -0.4 is 4.72 Å². The zero-order chi connectivity index (χ0) is 15.5. The molecule has 0 spiro atoms. The summed E-state index contributed by atoms with van der Waals surface area (Å²) in [4.78, 5) is 13.4. The number of carboxylic acids is 1. The van der Waals surface area contributed by atoms with Gasteiger partial charge >= 0.3 is 5.97 Å². The third-order valence-electron chi connectivity index (χ3n) is 3.39. The molecule has 2 rings (SSSR count). The Morgan fingerprint density at radius 2 is 2.19 bits per heavy atom. The predicted molar refractivity (Wildman–Crippen MR) is 81.1 cm³/mol. The van der Waals surface area contributed by atoms with Crippen molar-refractivity contribution in [3.05, 3.63) is 17.0 Å². The lowest BCUT2D eigenvalue weighted by Crippen LogP contribution is -2.35. The first-order valence-corrected chi connectivity index (χ1v) is 9.26. The van der Waals surface area contributed by atoms with Gasteiger partial charge in [0.15, 0.2) is 0 Å². The molecule has 1 aliphatic rings. The van der Waals surface area contributed by atoms with Gasteiger partial charge in [0.2, 0.25) is 10.0 Å². The number of hydrogen-bond donors (Lipinski definition) is 2. The smallest absolute Gasteiger partial charge is 0.308 e. The van der Waals surface area contributed by atoms with Gasteiger partial charge in [-0.2, -0.15) is 0 Å². The molecule has 0 saturated heterocycles. The van der Waals surface area contributed by atoms with Gasteiger partial charge in [0.1, 0.15) is 4.21 Å². The van der Waals surface area contributed by atoms with Crippen molar-refractivity contribution in [3.8, 4) is 0 Å². The Labute approximate surface area is 128 Å². The van der Waals surface area contributed by atoms with E-state index in [1.165, 1.54) is 18.9 Å². The standard InChI is InChI=1S/C13H20N2O4S2/c1-2-15(10-3-4-10)8-7-14-21(18,19)13-6-5-11(20-13)9-12(16)17/h5-6,10,14H,2-4,7-9H2,1H3,(H,16,17). The molecule has 0 atom stereocenters. The van der Waals surface area contributed by atoms with Crippen molar-refractivity contribution in [3.63, 3.8) is 0 Å². The Bertz CT molecular complexity index is 593. The Balaban J connectivity index is 1.88. The minimum Gasteiger partial charge on any atom is -0.481 e. The van der Waals surface area contributed by atoms with Gasteiger partial charge in [0.05, 0.1) is 6.42 Å². The first kappa shape index (κ1) is 16.4. The van der Waals surface area contributed by atoms with Crippen LogP contribution in [-0.4, -0.2) is 50.1 Å². The van der Waals surface area contributed by atoms with Crippen molar-refractivity contribution in [2.24, 2.45) is 0 Å². The summed E-state index contributed by atoms with van der Waals surface area (Å²) in [5, 5.41) is 8.70. The van der Waals surface area contributed by atoms with E-state index >= 15 is 0 Å². The number of aliphatic carboxylic acids is 1. The quantitative estimate of drug-likeness (QED) is 0.708. The molecule has 0 amide bonds. The molecule has 0 unspecified atom stereocenters.